The number of nitrogens with zero attached hydrogens (tertiary/aromatic N) is 4. The van der Waals surface area contributed by atoms with Crippen molar-refractivity contribution in [3.05, 3.63) is 75.8 Å². The van der Waals surface area contributed by atoms with Gasteiger partial charge in [0.25, 0.3) is 5.91 Å². The Balaban J connectivity index is 1.49. The second kappa shape index (κ2) is 11.8. The summed E-state index contributed by atoms with van der Waals surface area (Å²) in [5.41, 5.74) is -3.12. The molecule has 1 saturated heterocycles. The minimum atomic E-state index is -4.97. The maximum absolute atomic E-state index is 14.6. The molecule has 0 radical (unpaired) electrons. The highest BCUT2D eigenvalue weighted by atomic mass is 35.5. The normalized spacial score (nSPS) is 24.1. The molecular formula is C29H27Cl2F3N4O5. The van der Waals surface area contributed by atoms with E-state index in [0.717, 1.165) is 15.8 Å². The number of pyridine rings is 1. The lowest BCUT2D eigenvalue weighted by atomic mass is 9.74. The van der Waals surface area contributed by atoms with Crippen LogP contribution < -0.4 is 4.74 Å². The van der Waals surface area contributed by atoms with Gasteiger partial charge in [-0.15, -0.1) is 0 Å². The first-order valence-electron chi connectivity index (χ1n) is 13.5. The van der Waals surface area contributed by atoms with Gasteiger partial charge in [-0.1, -0.05) is 41.4 Å². The third kappa shape index (κ3) is 6.08. The molecule has 2 fully saturated rings. The SMILES string of the molecule is CC1(C(=O)O)CCC(n2ncc(C(=O)N3C[C@H](Oc4ccccc4)C[C@H]3C(=O)c3c(Cl)cncc3Cl)c2C(F)(F)F)CC1. The summed E-state index contributed by atoms with van der Waals surface area (Å²) in [4.78, 5) is 44.2. The molecule has 2 aliphatic rings. The number of hydrogen-bond acceptors (Lipinski definition) is 6. The summed E-state index contributed by atoms with van der Waals surface area (Å²) in [6.45, 7) is 1.38. The van der Waals surface area contributed by atoms with E-state index in [2.05, 4.69) is 10.1 Å². The summed E-state index contributed by atoms with van der Waals surface area (Å²) in [7, 11) is 0. The minimum absolute atomic E-state index is 0.0274. The highest BCUT2D eigenvalue weighted by Crippen LogP contribution is 2.44. The number of ether oxygens (including phenoxy) is 1. The molecule has 43 heavy (non-hydrogen) atoms. The number of amides is 1. The van der Waals surface area contributed by atoms with Crippen LogP contribution >= 0.6 is 23.2 Å². The van der Waals surface area contributed by atoms with Gasteiger partial charge in [0.1, 0.15) is 11.9 Å². The van der Waals surface area contributed by atoms with E-state index in [0.29, 0.717) is 5.75 Å². The monoisotopic (exact) mass is 638 g/mol. The van der Waals surface area contributed by atoms with Gasteiger partial charge in [0, 0.05) is 18.8 Å². The molecule has 2 aromatic heterocycles. The van der Waals surface area contributed by atoms with Crippen LogP contribution in [0.25, 0.3) is 0 Å². The van der Waals surface area contributed by atoms with Crippen molar-refractivity contribution >= 4 is 40.9 Å². The standard InChI is InChI=1S/C29H27Cl2F3N4O5/c1-28(27(41)42)9-7-16(8-10-28)38-25(29(32,33)34)19(12-36-38)26(40)37-15-18(43-17-5-3-2-4-6-17)11-22(37)24(39)23-20(30)13-35-14-21(23)31/h2-6,12-14,16,18,22H,7-11,15H2,1H3,(H,41,42)/t16?,18-,22+,28?/m1/s1. The van der Waals surface area contributed by atoms with Gasteiger partial charge in [0.15, 0.2) is 11.5 Å². The van der Waals surface area contributed by atoms with Gasteiger partial charge in [0.05, 0.1) is 51.4 Å². The molecule has 1 saturated carbocycles. The molecule has 1 amide bonds. The zero-order chi connectivity index (χ0) is 31.1. The fraction of sp³-hybridized carbons (Fsp3) is 0.414. The first kappa shape index (κ1) is 30.8. The Morgan fingerprint density at radius 1 is 1.05 bits per heavy atom. The van der Waals surface area contributed by atoms with Crippen LogP contribution in [0.2, 0.25) is 10.0 Å². The van der Waals surface area contributed by atoms with Crippen LogP contribution in [0.4, 0.5) is 13.2 Å². The molecule has 14 heteroatoms. The van der Waals surface area contributed by atoms with E-state index >= 15 is 0 Å². The summed E-state index contributed by atoms with van der Waals surface area (Å²) < 4.78 is 50.4. The van der Waals surface area contributed by atoms with E-state index in [1.165, 1.54) is 12.4 Å². The number of para-hydroxylation sites is 1. The number of rotatable bonds is 7. The molecule has 228 valence electrons. The number of carbonyl (C=O) groups excluding carboxylic acids is 2. The Kier molecular flexibility index (Phi) is 8.45. The summed E-state index contributed by atoms with van der Waals surface area (Å²) in [5.74, 6) is -2.26. The zero-order valence-electron chi connectivity index (χ0n) is 22.9. The molecule has 0 unspecified atom stereocenters. The first-order chi connectivity index (χ1) is 20.3. The molecule has 1 N–H and O–H groups in total. The molecule has 9 nitrogen and oxygen atoms in total. The smallest absolute Gasteiger partial charge is 0.433 e. The molecule has 0 spiro atoms. The molecule has 3 heterocycles. The molecule has 1 aliphatic heterocycles. The Morgan fingerprint density at radius 2 is 1.67 bits per heavy atom. The second-order valence-corrected chi connectivity index (χ2v) is 11.9. The average Bonchev–Trinajstić information content (AvgIpc) is 3.59. The van der Waals surface area contributed by atoms with Crippen molar-refractivity contribution in [3.8, 4) is 5.75 Å². The lowest BCUT2D eigenvalue weighted by Crippen LogP contribution is -2.42. The number of Topliss-reactive ketones (excluding diaryl/α,β-unsaturated/α-hetero) is 1. The van der Waals surface area contributed by atoms with E-state index < -0.39 is 58.7 Å². The van der Waals surface area contributed by atoms with Crippen LogP contribution in [0.15, 0.2) is 48.9 Å². The Hall–Kier alpha value is -3.64. The van der Waals surface area contributed by atoms with Gasteiger partial charge < -0.3 is 14.7 Å². The number of aromatic nitrogens is 3. The predicted molar refractivity (Wildman–Crippen MR) is 149 cm³/mol. The van der Waals surface area contributed by atoms with Gasteiger partial charge >= 0.3 is 12.1 Å². The minimum Gasteiger partial charge on any atom is -0.488 e. The van der Waals surface area contributed by atoms with Crippen molar-refractivity contribution in [3.63, 3.8) is 0 Å². The average molecular weight is 639 g/mol. The number of carboxylic acid groups (broad SMARTS) is 1. The maximum atomic E-state index is 14.6. The van der Waals surface area contributed by atoms with Crippen molar-refractivity contribution in [2.45, 2.75) is 63.4 Å². The predicted octanol–water partition coefficient (Wildman–Crippen LogP) is 6.35. The fourth-order valence-electron chi connectivity index (χ4n) is 5.79. The summed E-state index contributed by atoms with van der Waals surface area (Å²) >= 11 is 12.5. The van der Waals surface area contributed by atoms with Crippen LogP contribution in [-0.2, 0) is 11.0 Å². The quantitative estimate of drug-likeness (QED) is 0.300. The molecule has 3 aromatic rings. The van der Waals surface area contributed by atoms with Gasteiger partial charge in [0.2, 0.25) is 0 Å². The number of aliphatic carboxylic acids is 1. The van der Waals surface area contributed by atoms with Crippen molar-refractivity contribution in [1.82, 2.24) is 19.7 Å². The molecule has 1 aromatic carbocycles. The third-order valence-corrected chi connectivity index (χ3v) is 8.76. The molecular weight excluding hydrogens is 612 g/mol. The van der Waals surface area contributed by atoms with E-state index in [1.54, 1.807) is 37.3 Å². The Bertz CT molecular complexity index is 1520. The van der Waals surface area contributed by atoms with E-state index in [9.17, 15) is 32.7 Å². The number of carboxylic acids is 1. The largest absolute Gasteiger partial charge is 0.488 e. The maximum Gasteiger partial charge on any atom is 0.433 e. The van der Waals surface area contributed by atoms with Gasteiger partial charge in [-0.05, 0) is 44.7 Å². The van der Waals surface area contributed by atoms with Crippen molar-refractivity contribution < 1.29 is 37.4 Å². The lowest BCUT2D eigenvalue weighted by molar-refractivity contribution is -0.152. The van der Waals surface area contributed by atoms with Crippen LogP contribution in [0.5, 0.6) is 5.75 Å². The summed E-state index contributed by atoms with van der Waals surface area (Å²) in [6.07, 6.45) is -1.85. The molecule has 2 atom stereocenters. The topological polar surface area (TPSA) is 115 Å². The summed E-state index contributed by atoms with van der Waals surface area (Å²) in [6, 6.07) is 6.62. The van der Waals surface area contributed by atoms with Gasteiger partial charge in [-0.3, -0.25) is 24.0 Å². The highest BCUT2D eigenvalue weighted by Gasteiger charge is 2.48. The highest BCUT2D eigenvalue weighted by molar-refractivity contribution is 6.40. The fourth-order valence-corrected chi connectivity index (χ4v) is 6.34. The van der Waals surface area contributed by atoms with Crippen LogP contribution in [0, 0.1) is 5.41 Å². The van der Waals surface area contributed by atoms with E-state index in [4.69, 9.17) is 27.9 Å². The second-order valence-electron chi connectivity index (χ2n) is 11.1. The first-order valence-corrected chi connectivity index (χ1v) is 14.3. The number of carbonyl (C=O) groups is 3. The van der Waals surface area contributed by atoms with E-state index in [-0.39, 0.29) is 54.3 Å². The molecule has 5 rings (SSSR count). The molecule has 1 aliphatic carbocycles. The van der Waals surface area contributed by atoms with Crippen LogP contribution in [0.3, 0.4) is 0 Å². The van der Waals surface area contributed by atoms with E-state index in [1.807, 2.05) is 0 Å². The van der Waals surface area contributed by atoms with Crippen LogP contribution in [0.1, 0.15) is 71.5 Å². The lowest BCUT2D eigenvalue weighted by Gasteiger charge is -2.34. The van der Waals surface area contributed by atoms with Crippen molar-refractivity contribution in [2.75, 3.05) is 6.54 Å². The summed E-state index contributed by atoms with van der Waals surface area (Å²) in [5, 5.41) is 13.4. The Labute approximate surface area is 254 Å². The number of benzene rings is 1. The van der Waals surface area contributed by atoms with Crippen molar-refractivity contribution in [1.29, 1.82) is 0 Å². The number of hydrogen-bond donors (Lipinski definition) is 1. The van der Waals surface area contributed by atoms with Crippen LogP contribution in [-0.4, -0.2) is 61.1 Å². The Morgan fingerprint density at radius 3 is 2.26 bits per heavy atom. The number of halogens is 5. The van der Waals surface area contributed by atoms with Crippen molar-refractivity contribution in [2.24, 2.45) is 5.41 Å². The number of alkyl halides is 3. The van der Waals surface area contributed by atoms with Gasteiger partial charge in [-0.2, -0.15) is 18.3 Å². The number of likely N-dealkylation sites (tertiary alicyclic amines) is 1. The zero-order valence-corrected chi connectivity index (χ0v) is 24.4. The number of ketones is 1. The third-order valence-electron chi connectivity index (χ3n) is 8.19. The molecule has 0 bridgehead atoms. The van der Waals surface area contributed by atoms with Gasteiger partial charge in [-0.25, -0.2) is 0 Å².